The van der Waals surface area contributed by atoms with Gasteiger partial charge in [0.1, 0.15) is 6.04 Å². The van der Waals surface area contributed by atoms with Gasteiger partial charge >= 0.3 is 11.9 Å². The minimum absolute atomic E-state index is 0.00733. The van der Waals surface area contributed by atoms with E-state index in [0.717, 1.165) is 37.8 Å². The fraction of sp³-hybridized carbons (Fsp3) is 0.646. The van der Waals surface area contributed by atoms with Gasteiger partial charge in [-0.1, -0.05) is 80.4 Å². The van der Waals surface area contributed by atoms with E-state index in [2.05, 4.69) is 56.6 Å². The van der Waals surface area contributed by atoms with Crippen LogP contribution in [0, 0.1) is 24.7 Å². The SMILES string of the molecule is CC1CCC(N(C(=O)C(C)C)[C@H]2C[C@@H](C(=O)N3CCOCC3)N(C(=O)[C@@H]3CN(C(C)(C)C)C[C@H]3c3ccc(Cl)cc3)C2)CC1.Cc1ccccc1.O=C(O)CCCCC(=O)O. The van der Waals surface area contributed by atoms with E-state index in [1.54, 1.807) is 0 Å². The zero-order valence-corrected chi connectivity index (χ0v) is 38.3. The lowest BCUT2D eigenvalue weighted by Gasteiger charge is -2.41. The maximum atomic E-state index is 14.8. The third-order valence-corrected chi connectivity index (χ3v) is 12.8. The number of nitrogens with zero attached hydrogens (tertiary/aromatic N) is 4. The molecular weight excluding hydrogens is 796 g/mol. The average molecular weight is 868 g/mol. The van der Waals surface area contributed by atoms with Crippen molar-refractivity contribution in [1.82, 2.24) is 19.6 Å². The van der Waals surface area contributed by atoms with Crippen molar-refractivity contribution in [2.24, 2.45) is 17.8 Å². The van der Waals surface area contributed by atoms with Crippen LogP contribution >= 0.6 is 11.6 Å². The number of morpholine rings is 1. The molecule has 61 heavy (non-hydrogen) atoms. The van der Waals surface area contributed by atoms with Crippen LogP contribution < -0.4 is 0 Å². The second-order valence-corrected chi connectivity index (χ2v) is 19.1. The highest BCUT2D eigenvalue weighted by Crippen LogP contribution is 2.40. The van der Waals surface area contributed by atoms with Gasteiger partial charge in [0.15, 0.2) is 0 Å². The lowest BCUT2D eigenvalue weighted by atomic mass is 9.85. The van der Waals surface area contributed by atoms with Crippen molar-refractivity contribution in [2.45, 2.75) is 136 Å². The summed E-state index contributed by atoms with van der Waals surface area (Å²) >= 11 is 6.25. The Morgan fingerprint density at radius 1 is 0.803 bits per heavy atom. The minimum atomic E-state index is -0.870. The van der Waals surface area contributed by atoms with E-state index in [9.17, 15) is 24.0 Å². The maximum absolute atomic E-state index is 14.8. The number of carboxylic acid groups (broad SMARTS) is 2. The molecule has 3 saturated heterocycles. The van der Waals surface area contributed by atoms with Gasteiger partial charge in [-0.05, 0) is 96.3 Å². The molecule has 13 heteroatoms. The number of amides is 3. The standard InChI is InChI=1S/C35H53ClN4O4.C7H8.C6H10O4/c1-23(2)32(41)40(27-13-7-24(3)8-14-27)28-19-31(34(43)37-15-17-44-18-16-37)39(20-28)33(42)30-22-38(35(4,5)6)21-29(30)25-9-11-26(36)12-10-25;1-7-5-3-2-4-6-7;7-5(8)3-1-2-4-6(9)10/h9-12,23-24,27-31H,7-8,13-22H2,1-6H3;2-6H,1H3;1-4H2,(H,7,8)(H,9,10)/t24?,27?,28-,29-,30+,31-;;/m0../s1. The highest BCUT2D eigenvalue weighted by atomic mass is 35.5. The molecule has 3 amide bonds. The number of hydrogen-bond donors (Lipinski definition) is 2. The third-order valence-electron chi connectivity index (χ3n) is 12.5. The van der Waals surface area contributed by atoms with Crippen LogP contribution in [0.15, 0.2) is 54.6 Å². The zero-order valence-electron chi connectivity index (χ0n) is 37.6. The molecule has 0 aromatic heterocycles. The van der Waals surface area contributed by atoms with E-state index in [1.165, 1.54) is 5.56 Å². The van der Waals surface area contributed by atoms with Crippen LogP contribution in [-0.2, 0) is 28.7 Å². The first-order valence-electron chi connectivity index (χ1n) is 22.3. The summed E-state index contributed by atoms with van der Waals surface area (Å²) in [5.74, 6) is -1.36. The number of aliphatic carboxylic acids is 2. The number of benzene rings is 2. The predicted octanol–water partition coefficient (Wildman–Crippen LogP) is 7.76. The Labute approximate surface area is 368 Å². The lowest BCUT2D eigenvalue weighted by Crippen LogP contribution is -2.53. The van der Waals surface area contributed by atoms with E-state index < -0.39 is 18.0 Å². The Morgan fingerprint density at radius 3 is 1.87 bits per heavy atom. The van der Waals surface area contributed by atoms with Crippen molar-refractivity contribution < 1.29 is 38.9 Å². The highest BCUT2D eigenvalue weighted by Gasteiger charge is 2.51. The summed E-state index contributed by atoms with van der Waals surface area (Å²) in [5, 5.41) is 16.9. The molecule has 0 spiro atoms. The molecule has 0 bridgehead atoms. The first-order chi connectivity index (χ1) is 28.9. The minimum Gasteiger partial charge on any atom is -0.481 e. The van der Waals surface area contributed by atoms with Crippen molar-refractivity contribution in [3.63, 3.8) is 0 Å². The Bertz CT molecular complexity index is 1700. The van der Waals surface area contributed by atoms with Crippen molar-refractivity contribution in [3.05, 3.63) is 70.7 Å². The van der Waals surface area contributed by atoms with E-state index in [4.69, 9.17) is 26.6 Å². The molecule has 1 aliphatic carbocycles. The second kappa shape index (κ2) is 23.4. The molecule has 4 aliphatic rings. The molecule has 0 unspecified atom stereocenters. The number of carboxylic acids is 2. The predicted molar refractivity (Wildman–Crippen MR) is 238 cm³/mol. The third kappa shape index (κ3) is 14.8. The number of likely N-dealkylation sites (tertiary alicyclic amines) is 2. The number of carbonyl (C=O) groups is 5. The summed E-state index contributed by atoms with van der Waals surface area (Å²) in [7, 11) is 0. The van der Waals surface area contributed by atoms with Gasteiger partial charge in [-0.2, -0.15) is 0 Å². The van der Waals surface area contributed by atoms with E-state index in [-0.39, 0.29) is 65.9 Å². The molecule has 3 aliphatic heterocycles. The molecule has 338 valence electrons. The van der Waals surface area contributed by atoms with Gasteiger partial charge in [-0.15, -0.1) is 0 Å². The molecule has 2 aromatic carbocycles. The smallest absolute Gasteiger partial charge is 0.303 e. The molecule has 2 N–H and O–H groups in total. The van der Waals surface area contributed by atoms with Gasteiger partial charge in [0.05, 0.1) is 25.2 Å². The Morgan fingerprint density at radius 2 is 1.38 bits per heavy atom. The monoisotopic (exact) mass is 866 g/mol. The fourth-order valence-electron chi connectivity index (χ4n) is 8.91. The first-order valence-corrected chi connectivity index (χ1v) is 22.7. The highest BCUT2D eigenvalue weighted by molar-refractivity contribution is 6.30. The van der Waals surface area contributed by atoms with Crippen molar-refractivity contribution in [3.8, 4) is 0 Å². The molecule has 4 atom stereocenters. The number of ether oxygens (including phenoxy) is 1. The Kier molecular flexibility index (Phi) is 19.1. The fourth-order valence-corrected chi connectivity index (χ4v) is 9.04. The molecular formula is C48H71ClN4O8. The molecule has 1 saturated carbocycles. The Hall–Kier alpha value is -4.00. The molecule has 2 aromatic rings. The summed E-state index contributed by atoms with van der Waals surface area (Å²) in [6.07, 6.45) is 5.68. The van der Waals surface area contributed by atoms with Crippen molar-refractivity contribution in [2.75, 3.05) is 45.9 Å². The molecule has 3 heterocycles. The summed E-state index contributed by atoms with van der Waals surface area (Å²) in [5.41, 5.74) is 2.32. The quantitative estimate of drug-likeness (QED) is 0.216. The van der Waals surface area contributed by atoms with Gasteiger partial charge < -0.3 is 29.6 Å². The molecule has 4 fully saturated rings. The van der Waals surface area contributed by atoms with Crippen LogP contribution in [0.2, 0.25) is 5.02 Å². The number of aryl methyl sites for hydroxylation is 1. The van der Waals surface area contributed by atoms with Crippen molar-refractivity contribution in [1.29, 1.82) is 0 Å². The average Bonchev–Trinajstić information content (AvgIpc) is 3.88. The number of carbonyl (C=O) groups excluding carboxylic acids is 3. The first kappa shape index (κ1) is 49.7. The summed E-state index contributed by atoms with van der Waals surface area (Å²) in [6.45, 7) is 18.8. The number of rotatable bonds is 11. The van der Waals surface area contributed by atoms with Crippen LogP contribution in [0.25, 0.3) is 0 Å². The second-order valence-electron chi connectivity index (χ2n) is 18.6. The zero-order chi connectivity index (χ0) is 44.9. The molecule has 6 rings (SSSR count). The van der Waals surface area contributed by atoms with E-state index >= 15 is 0 Å². The number of halogens is 1. The van der Waals surface area contributed by atoms with Crippen LogP contribution in [0.4, 0.5) is 0 Å². The van der Waals surface area contributed by atoms with Crippen LogP contribution in [-0.4, -0.2) is 129 Å². The summed E-state index contributed by atoms with van der Waals surface area (Å²) in [4.78, 5) is 70.9. The molecule has 12 nitrogen and oxygen atoms in total. The van der Waals surface area contributed by atoms with Gasteiger partial charge in [0.2, 0.25) is 17.7 Å². The van der Waals surface area contributed by atoms with E-state index in [0.29, 0.717) is 69.6 Å². The summed E-state index contributed by atoms with van der Waals surface area (Å²) in [6, 6.07) is 17.5. The largest absolute Gasteiger partial charge is 0.481 e. The van der Waals surface area contributed by atoms with Gasteiger partial charge in [0, 0.05) is 74.0 Å². The van der Waals surface area contributed by atoms with Gasteiger partial charge in [0.25, 0.3) is 0 Å². The number of hydrogen-bond acceptors (Lipinski definition) is 7. The topological polar surface area (TPSA) is 148 Å². The lowest BCUT2D eigenvalue weighted by molar-refractivity contribution is -0.148. The summed E-state index contributed by atoms with van der Waals surface area (Å²) < 4.78 is 5.55. The van der Waals surface area contributed by atoms with Gasteiger partial charge in [-0.25, -0.2) is 0 Å². The normalized spacial score (nSPS) is 24.3. The van der Waals surface area contributed by atoms with Crippen LogP contribution in [0.3, 0.4) is 0 Å². The van der Waals surface area contributed by atoms with E-state index in [1.807, 2.05) is 66.1 Å². The van der Waals surface area contributed by atoms with Crippen molar-refractivity contribution >= 4 is 41.3 Å². The van der Waals surface area contributed by atoms with Crippen LogP contribution in [0.1, 0.15) is 116 Å². The van der Waals surface area contributed by atoms with Gasteiger partial charge in [-0.3, -0.25) is 28.9 Å². The van der Waals surface area contributed by atoms with Crippen LogP contribution in [0.5, 0.6) is 0 Å². The number of unbranched alkanes of at least 4 members (excludes halogenated alkanes) is 1. The Balaban J connectivity index is 0.000000401. The molecule has 0 radical (unpaired) electrons. The maximum Gasteiger partial charge on any atom is 0.303 e.